The molecule has 0 fully saturated rings. The van der Waals surface area contributed by atoms with Crippen LogP contribution in [0.5, 0.6) is 0 Å². The molecular formula is C17H24N2O. The normalized spacial score (nSPS) is 14.8. The predicted molar refractivity (Wildman–Crippen MR) is 82.7 cm³/mol. The highest BCUT2D eigenvalue weighted by Crippen LogP contribution is 2.08. The number of amides is 1. The van der Waals surface area contributed by atoms with E-state index in [4.69, 9.17) is 0 Å². The van der Waals surface area contributed by atoms with Gasteiger partial charge < -0.3 is 10.6 Å². The van der Waals surface area contributed by atoms with Gasteiger partial charge in [0.2, 0.25) is 5.91 Å². The molecule has 0 bridgehead atoms. The van der Waals surface area contributed by atoms with Crippen LogP contribution in [0.15, 0.2) is 35.9 Å². The van der Waals surface area contributed by atoms with Gasteiger partial charge in [-0.25, -0.2) is 0 Å². The van der Waals surface area contributed by atoms with Gasteiger partial charge in [0.15, 0.2) is 0 Å². The summed E-state index contributed by atoms with van der Waals surface area (Å²) >= 11 is 0. The summed E-state index contributed by atoms with van der Waals surface area (Å²) in [5.74, 6) is 0.154. The van der Waals surface area contributed by atoms with E-state index in [1.165, 1.54) is 16.7 Å². The van der Waals surface area contributed by atoms with Crippen LogP contribution >= 0.6 is 0 Å². The van der Waals surface area contributed by atoms with Gasteiger partial charge in [-0.05, 0) is 38.3 Å². The summed E-state index contributed by atoms with van der Waals surface area (Å²) in [6.45, 7) is 4.87. The first-order chi connectivity index (χ1) is 9.74. The summed E-state index contributed by atoms with van der Waals surface area (Å²) in [7, 11) is 0. The molecule has 3 heteroatoms. The Kier molecular flexibility index (Phi) is 5.81. The van der Waals surface area contributed by atoms with Crippen molar-refractivity contribution >= 4 is 5.91 Å². The highest BCUT2D eigenvalue weighted by atomic mass is 16.1. The Morgan fingerprint density at radius 2 is 2.25 bits per heavy atom. The van der Waals surface area contributed by atoms with E-state index in [0.29, 0.717) is 6.42 Å². The van der Waals surface area contributed by atoms with E-state index in [-0.39, 0.29) is 5.91 Å². The van der Waals surface area contributed by atoms with Gasteiger partial charge in [0.25, 0.3) is 0 Å². The Bertz CT molecular complexity index is 480. The van der Waals surface area contributed by atoms with Crippen LogP contribution in [0.1, 0.15) is 30.4 Å². The van der Waals surface area contributed by atoms with Crippen molar-refractivity contribution in [2.75, 3.05) is 19.6 Å². The lowest BCUT2D eigenvalue weighted by Crippen LogP contribution is -2.26. The molecule has 20 heavy (non-hydrogen) atoms. The molecule has 0 aliphatic carbocycles. The molecule has 0 saturated carbocycles. The van der Waals surface area contributed by atoms with E-state index in [2.05, 4.69) is 41.8 Å². The van der Waals surface area contributed by atoms with Crippen molar-refractivity contribution in [2.45, 2.75) is 32.6 Å². The molecule has 3 nitrogen and oxygen atoms in total. The summed E-state index contributed by atoms with van der Waals surface area (Å²) in [6.07, 6.45) is 5.73. The van der Waals surface area contributed by atoms with Gasteiger partial charge in [-0.2, -0.15) is 0 Å². The standard InChI is InChI=1S/C17H24N2O/c1-14-3-2-4-16(13-14)5-6-17(20)19-12-9-15-7-10-18-11-8-15/h2-4,7,13,18H,5-6,8-12H2,1H3,(H,19,20). The number of aryl methyl sites for hydroxylation is 2. The van der Waals surface area contributed by atoms with Gasteiger partial charge in [-0.1, -0.05) is 41.5 Å². The fourth-order valence-electron chi connectivity index (χ4n) is 2.47. The molecule has 0 saturated heterocycles. The Labute approximate surface area is 121 Å². The second-order valence-corrected chi connectivity index (χ2v) is 5.41. The SMILES string of the molecule is Cc1cccc(CCC(=O)NCCC2=CCNCC2)c1. The van der Waals surface area contributed by atoms with Crippen molar-refractivity contribution in [3.05, 3.63) is 47.0 Å². The Morgan fingerprint density at radius 1 is 1.35 bits per heavy atom. The minimum Gasteiger partial charge on any atom is -0.356 e. The van der Waals surface area contributed by atoms with Crippen LogP contribution < -0.4 is 10.6 Å². The molecule has 2 rings (SSSR count). The summed E-state index contributed by atoms with van der Waals surface area (Å²) in [4.78, 5) is 11.8. The largest absolute Gasteiger partial charge is 0.356 e. The smallest absolute Gasteiger partial charge is 0.220 e. The molecule has 0 aromatic heterocycles. The lowest BCUT2D eigenvalue weighted by Gasteiger charge is -2.14. The second kappa shape index (κ2) is 7.85. The first-order valence-corrected chi connectivity index (χ1v) is 7.45. The Morgan fingerprint density at radius 3 is 3.00 bits per heavy atom. The van der Waals surface area contributed by atoms with Crippen molar-refractivity contribution in [3.8, 4) is 0 Å². The van der Waals surface area contributed by atoms with E-state index >= 15 is 0 Å². The molecule has 1 aliphatic heterocycles. The maximum Gasteiger partial charge on any atom is 0.220 e. The third-order valence-electron chi connectivity index (χ3n) is 3.65. The van der Waals surface area contributed by atoms with E-state index in [1.807, 2.05) is 6.07 Å². The van der Waals surface area contributed by atoms with Gasteiger partial charge in [-0.15, -0.1) is 0 Å². The molecule has 2 N–H and O–H groups in total. The zero-order chi connectivity index (χ0) is 14.2. The van der Waals surface area contributed by atoms with Crippen LogP contribution in [0.25, 0.3) is 0 Å². The zero-order valence-electron chi connectivity index (χ0n) is 12.2. The molecule has 1 amide bonds. The maximum atomic E-state index is 11.8. The number of carbonyl (C=O) groups is 1. The zero-order valence-corrected chi connectivity index (χ0v) is 12.2. The lowest BCUT2D eigenvalue weighted by molar-refractivity contribution is -0.121. The molecule has 0 radical (unpaired) electrons. The number of carbonyl (C=O) groups excluding carboxylic acids is 1. The fraction of sp³-hybridized carbons (Fsp3) is 0.471. The van der Waals surface area contributed by atoms with E-state index < -0.39 is 0 Å². The summed E-state index contributed by atoms with van der Waals surface area (Å²) in [5.41, 5.74) is 3.95. The van der Waals surface area contributed by atoms with Crippen molar-refractivity contribution < 1.29 is 4.79 Å². The number of hydrogen-bond donors (Lipinski definition) is 2. The average molecular weight is 272 g/mol. The van der Waals surface area contributed by atoms with Crippen LogP contribution in [0, 0.1) is 6.92 Å². The molecule has 1 aliphatic rings. The van der Waals surface area contributed by atoms with Crippen molar-refractivity contribution in [1.29, 1.82) is 0 Å². The highest BCUT2D eigenvalue weighted by molar-refractivity contribution is 5.76. The van der Waals surface area contributed by atoms with Crippen LogP contribution in [0.2, 0.25) is 0 Å². The quantitative estimate of drug-likeness (QED) is 0.781. The topological polar surface area (TPSA) is 41.1 Å². The third kappa shape index (κ3) is 5.17. The fourth-order valence-corrected chi connectivity index (χ4v) is 2.47. The third-order valence-corrected chi connectivity index (χ3v) is 3.65. The summed E-state index contributed by atoms with van der Waals surface area (Å²) in [5, 5.41) is 6.31. The summed E-state index contributed by atoms with van der Waals surface area (Å²) < 4.78 is 0. The van der Waals surface area contributed by atoms with Gasteiger partial charge in [0.05, 0.1) is 0 Å². The van der Waals surface area contributed by atoms with Gasteiger partial charge in [-0.3, -0.25) is 4.79 Å². The van der Waals surface area contributed by atoms with Crippen LogP contribution in [-0.4, -0.2) is 25.5 Å². The van der Waals surface area contributed by atoms with Gasteiger partial charge >= 0.3 is 0 Å². The lowest BCUT2D eigenvalue weighted by atomic mass is 10.1. The molecule has 1 heterocycles. The van der Waals surface area contributed by atoms with Crippen LogP contribution in [0.3, 0.4) is 0 Å². The Balaban J connectivity index is 1.64. The first kappa shape index (κ1) is 14.8. The molecule has 0 unspecified atom stereocenters. The number of nitrogens with one attached hydrogen (secondary N) is 2. The second-order valence-electron chi connectivity index (χ2n) is 5.41. The average Bonchev–Trinajstić information content (AvgIpc) is 2.46. The molecule has 0 atom stereocenters. The molecule has 1 aromatic rings. The summed E-state index contributed by atoms with van der Waals surface area (Å²) in [6, 6.07) is 8.36. The first-order valence-electron chi connectivity index (χ1n) is 7.45. The maximum absolute atomic E-state index is 11.8. The van der Waals surface area contributed by atoms with E-state index in [1.54, 1.807) is 0 Å². The number of hydrogen-bond acceptors (Lipinski definition) is 2. The molecule has 108 valence electrons. The van der Waals surface area contributed by atoms with Gasteiger partial charge in [0.1, 0.15) is 0 Å². The highest BCUT2D eigenvalue weighted by Gasteiger charge is 2.05. The minimum atomic E-state index is 0.154. The number of rotatable bonds is 6. The van der Waals surface area contributed by atoms with Gasteiger partial charge in [0, 0.05) is 19.5 Å². The van der Waals surface area contributed by atoms with Crippen LogP contribution in [-0.2, 0) is 11.2 Å². The van der Waals surface area contributed by atoms with Crippen molar-refractivity contribution in [2.24, 2.45) is 0 Å². The van der Waals surface area contributed by atoms with Crippen molar-refractivity contribution in [3.63, 3.8) is 0 Å². The van der Waals surface area contributed by atoms with Crippen LogP contribution in [0.4, 0.5) is 0 Å². The molecule has 1 aromatic carbocycles. The minimum absolute atomic E-state index is 0.154. The van der Waals surface area contributed by atoms with Crippen molar-refractivity contribution in [1.82, 2.24) is 10.6 Å². The monoisotopic (exact) mass is 272 g/mol. The molecular weight excluding hydrogens is 248 g/mol. The van der Waals surface area contributed by atoms with E-state index in [0.717, 1.165) is 38.9 Å². The molecule has 0 spiro atoms. The predicted octanol–water partition coefficient (Wildman–Crippen LogP) is 2.35. The Hall–Kier alpha value is -1.61. The number of benzene rings is 1. The van der Waals surface area contributed by atoms with E-state index in [9.17, 15) is 4.79 Å².